The second-order valence-corrected chi connectivity index (χ2v) is 6.32. The average Bonchev–Trinajstić information content (AvgIpc) is 2.69. The summed E-state index contributed by atoms with van der Waals surface area (Å²) in [5.74, 6) is -2.14. The third-order valence-corrected chi connectivity index (χ3v) is 4.26. The first-order valence-corrected chi connectivity index (χ1v) is 7.92. The maximum absolute atomic E-state index is 13.1. The van der Waals surface area contributed by atoms with Crippen LogP contribution in [-0.2, 0) is 20.9 Å². The van der Waals surface area contributed by atoms with Gasteiger partial charge in [0.25, 0.3) is 0 Å². The zero-order valence-electron chi connectivity index (χ0n) is 13.9. The van der Waals surface area contributed by atoms with Crippen LogP contribution in [0.3, 0.4) is 0 Å². The predicted octanol–water partition coefficient (Wildman–Crippen LogP) is 0.896. The first kappa shape index (κ1) is 17.9. The van der Waals surface area contributed by atoms with E-state index < -0.39 is 11.8 Å². The van der Waals surface area contributed by atoms with Crippen LogP contribution in [0.15, 0.2) is 24.3 Å². The van der Waals surface area contributed by atoms with E-state index in [1.54, 1.807) is 17.0 Å². The number of amides is 3. The van der Waals surface area contributed by atoms with Gasteiger partial charge in [-0.25, -0.2) is 4.39 Å². The molecule has 130 valence electrons. The normalized spacial score (nSPS) is 18.7. The minimum Gasteiger partial charge on any atom is -0.361 e. The lowest BCUT2D eigenvalue weighted by atomic mass is 10.0. The molecule has 0 spiro atoms. The summed E-state index contributed by atoms with van der Waals surface area (Å²) in [5, 5.41) is 0. The van der Waals surface area contributed by atoms with Crippen molar-refractivity contribution in [1.82, 2.24) is 9.80 Å². The molecular formula is C17H22FN3O3. The highest BCUT2D eigenvalue weighted by Crippen LogP contribution is 2.21. The van der Waals surface area contributed by atoms with Crippen molar-refractivity contribution in [3.63, 3.8) is 0 Å². The minimum absolute atomic E-state index is 0.0793. The van der Waals surface area contributed by atoms with E-state index in [1.165, 1.54) is 17.0 Å². The topological polar surface area (TPSA) is 83.7 Å². The molecule has 2 N–H and O–H groups in total. The van der Waals surface area contributed by atoms with Crippen molar-refractivity contribution < 1.29 is 18.8 Å². The first-order valence-electron chi connectivity index (χ1n) is 7.92. The summed E-state index contributed by atoms with van der Waals surface area (Å²) in [4.78, 5) is 38.7. The molecule has 0 saturated carbocycles. The fourth-order valence-electron chi connectivity index (χ4n) is 2.88. The second kappa shape index (κ2) is 7.42. The maximum atomic E-state index is 13.1. The van der Waals surface area contributed by atoms with Crippen LogP contribution in [0.1, 0.15) is 25.8 Å². The van der Waals surface area contributed by atoms with Crippen LogP contribution >= 0.6 is 0 Å². The van der Waals surface area contributed by atoms with Crippen molar-refractivity contribution in [3.05, 3.63) is 35.6 Å². The molecule has 1 aromatic carbocycles. The molecule has 1 aliphatic rings. The second-order valence-electron chi connectivity index (χ2n) is 6.32. The summed E-state index contributed by atoms with van der Waals surface area (Å²) in [6.45, 7) is 4.67. The molecular weight excluding hydrogens is 313 g/mol. The van der Waals surface area contributed by atoms with E-state index in [-0.39, 0.29) is 43.2 Å². The highest BCUT2D eigenvalue weighted by Gasteiger charge is 2.34. The van der Waals surface area contributed by atoms with Crippen molar-refractivity contribution in [3.8, 4) is 0 Å². The molecule has 1 aliphatic heterocycles. The fourth-order valence-corrected chi connectivity index (χ4v) is 2.88. The Morgan fingerprint density at radius 3 is 2.46 bits per heavy atom. The van der Waals surface area contributed by atoms with Gasteiger partial charge in [-0.05, 0) is 23.6 Å². The molecule has 0 bridgehead atoms. The van der Waals surface area contributed by atoms with Crippen LogP contribution in [0.4, 0.5) is 4.39 Å². The molecule has 24 heavy (non-hydrogen) atoms. The monoisotopic (exact) mass is 335 g/mol. The SMILES string of the molecule is CC(C)C1CN(C(=O)C(N)=O)CCC(=O)N1Cc1ccc(F)cc1. The lowest BCUT2D eigenvalue weighted by molar-refractivity contribution is -0.144. The number of benzene rings is 1. The van der Waals surface area contributed by atoms with Crippen LogP contribution < -0.4 is 5.73 Å². The van der Waals surface area contributed by atoms with E-state index >= 15 is 0 Å². The van der Waals surface area contributed by atoms with Crippen LogP contribution in [-0.4, -0.2) is 46.7 Å². The molecule has 1 atom stereocenters. The summed E-state index contributed by atoms with van der Waals surface area (Å²) in [5.41, 5.74) is 5.89. The van der Waals surface area contributed by atoms with Gasteiger partial charge in [0.2, 0.25) is 5.91 Å². The number of primary amides is 1. The molecule has 6 nitrogen and oxygen atoms in total. The Kier molecular flexibility index (Phi) is 5.54. The Morgan fingerprint density at radius 1 is 1.29 bits per heavy atom. The molecule has 0 aliphatic carbocycles. The standard InChI is InChI=1S/C17H22FN3O3/c1-11(2)14-10-20(17(24)16(19)23)8-7-15(22)21(14)9-12-3-5-13(18)6-4-12/h3-6,11,14H,7-10H2,1-2H3,(H2,19,23). The highest BCUT2D eigenvalue weighted by atomic mass is 19.1. The van der Waals surface area contributed by atoms with Gasteiger partial charge in [-0.3, -0.25) is 14.4 Å². The van der Waals surface area contributed by atoms with E-state index in [2.05, 4.69) is 0 Å². The molecule has 0 aromatic heterocycles. The number of nitrogens with two attached hydrogens (primary N) is 1. The van der Waals surface area contributed by atoms with E-state index in [9.17, 15) is 18.8 Å². The van der Waals surface area contributed by atoms with Crippen LogP contribution in [0.5, 0.6) is 0 Å². The summed E-state index contributed by atoms with van der Waals surface area (Å²) < 4.78 is 13.1. The largest absolute Gasteiger partial charge is 0.361 e. The summed E-state index contributed by atoms with van der Waals surface area (Å²) in [6.07, 6.45) is 0.128. The third kappa shape index (κ3) is 4.10. The smallest absolute Gasteiger partial charge is 0.311 e. The molecule has 1 fully saturated rings. The van der Waals surface area contributed by atoms with E-state index in [4.69, 9.17) is 5.73 Å². The molecule has 0 radical (unpaired) electrons. The van der Waals surface area contributed by atoms with Gasteiger partial charge in [-0.1, -0.05) is 26.0 Å². The molecule has 1 aromatic rings. The van der Waals surface area contributed by atoms with Gasteiger partial charge in [0, 0.05) is 26.1 Å². The third-order valence-electron chi connectivity index (χ3n) is 4.26. The van der Waals surface area contributed by atoms with Gasteiger partial charge in [0.1, 0.15) is 5.82 Å². The van der Waals surface area contributed by atoms with Gasteiger partial charge >= 0.3 is 11.8 Å². The predicted molar refractivity (Wildman–Crippen MR) is 86.0 cm³/mol. The maximum Gasteiger partial charge on any atom is 0.311 e. The van der Waals surface area contributed by atoms with Crippen LogP contribution in [0.2, 0.25) is 0 Å². The number of carbonyl (C=O) groups excluding carboxylic acids is 3. The zero-order valence-corrected chi connectivity index (χ0v) is 13.9. The van der Waals surface area contributed by atoms with Gasteiger partial charge in [-0.2, -0.15) is 0 Å². The Morgan fingerprint density at radius 2 is 1.92 bits per heavy atom. The quantitative estimate of drug-likeness (QED) is 0.833. The molecule has 2 rings (SSSR count). The van der Waals surface area contributed by atoms with Crippen molar-refractivity contribution >= 4 is 17.7 Å². The first-order chi connectivity index (χ1) is 11.3. The van der Waals surface area contributed by atoms with E-state index in [0.717, 1.165) is 5.56 Å². The summed E-state index contributed by atoms with van der Waals surface area (Å²) >= 11 is 0. The lowest BCUT2D eigenvalue weighted by Crippen LogP contribution is -2.49. The number of nitrogens with zero attached hydrogens (tertiary/aromatic N) is 2. The number of hydrogen-bond donors (Lipinski definition) is 1. The Balaban J connectivity index is 2.24. The van der Waals surface area contributed by atoms with Crippen molar-refractivity contribution in [2.75, 3.05) is 13.1 Å². The fraction of sp³-hybridized carbons (Fsp3) is 0.471. The van der Waals surface area contributed by atoms with E-state index in [0.29, 0.717) is 6.54 Å². The molecule has 7 heteroatoms. The van der Waals surface area contributed by atoms with Gasteiger partial charge in [0.05, 0.1) is 6.04 Å². The number of carbonyl (C=O) groups is 3. The summed E-state index contributed by atoms with van der Waals surface area (Å²) in [6, 6.07) is 5.73. The number of hydrogen-bond acceptors (Lipinski definition) is 3. The van der Waals surface area contributed by atoms with Gasteiger partial charge in [-0.15, -0.1) is 0 Å². The molecule has 1 heterocycles. The van der Waals surface area contributed by atoms with E-state index in [1.807, 2.05) is 13.8 Å². The summed E-state index contributed by atoms with van der Waals surface area (Å²) in [7, 11) is 0. The Hall–Kier alpha value is -2.44. The Bertz CT molecular complexity index is 630. The van der Waals surface area contributed by atoms with Crippen molar-refractivity contribution in [2.24, 2.45) is 11.7 Å². The highest BCUT2D eigenvalue weighted by molar-refractivity contribution is 6.34. The van der Waals surface area contributed by atoms with Crippen LogP contribution in [0, 0.1) is 11.7 Å². The Labute approximate surface area is 140 Å². The van der Waals surface area contributed by atoms with Crippen molar-refractivity contribution in [1.29, 1.82) is 0 Å². The molecule has 3 amide bonds. The van der Waals surface area contributed by atoms with Crippen molar-refractivity contribution in [2.45, 2.75) is 32.9 Å². The van der Waals surface area contributed by atoms with Gasteiger partial charge in [0.15, 0.2) is 0 Å². The number of rotatable bonds is 3. The average molecular weight is 335 g/mol. The number of halogens is 1. The minimum atomic E-state index is -1.02. The zero-order chi connectivity index (χ0) is 17.9. The van der Waals surface area contributed by atoms with Crippen LogP contribution in [0.25, 0.3) is 0 Å². The molecule has 1 unspecified atom stereocenters. The lowest BCUT2D eigenvalue weighted by Gasteiger charge is -2.34. The van der Waals surface area contributed by atoms with Gasteiger partial charge < -0.3 is 15.5 Å². The molecule has 1 saturated heterocycles.